The van der Waals surface area contributed by atoms with Gasteiger partial charge in [0.25, 0.3) is 0 Å². The fourth-order valence-corrected chi connectivity index (χ4v) is 8.62. The molecule has 0 saturated heterocycles. The van der Waals surface area contributed by atoms with Gasteiger partial charge in [-0.3, -0.25) is 0 Å². The molecule has 50 heavy (non-hydrogen) atoms. The van der Waals surface area contributed by atoms with Crippen molar-refractivity contribution in [1.82, 2.24) is 9.55 Å². The second-order valence-electron chi connectivity index (χ2n) is 12.8. The van der Waals surface area contributed by atoms with Gasteiger partial charge in [-0.25, -0.2) is 4.98 Å². The monoisotopic (exact) mass is 654 g/mol. The van der Waals surface area contributed by atoms with Crippen LogP contribution >= 0.6 is 11.3 Å². The van der Waals surface area contributed by atoms with E-state index in [2.05, 4.69) is 187 Å². The lowest BCUT2D eigenvalue weighted by atomic mass is 9.95. The molecule has 3 heterocycles. The molecule has 0 aliphatic carbocycles. The smallest absolute Gasteiger partial charge is 0.0715 e. The normalized spacial score (nSPS) is 11.6. The third-order valence-electron chi connectivity index (χ3n) is 9.79. The van der Waals surface area contributed by atoms with Gasteiger partial charge in [-0.15, -0.1) is 11.3 Å². The molecule has 10 rings (SSSR count). The minimum atomic E-state index is 0.977. The van der Waals surface area contributed by atoms with Gasteiger partial charge in [0.1, 0.15) is 0 Å². The molecule has 0 aliphatic heterocycles. The SMILES string of the molecule is c1ccc(-c2cc(-c3cccc4sc5cc(-c6ccc7c(c6)c6ccccc6n7-c6ccccc6)ccc5c34)cc(-c3ccccc3)n2)cc1. The van der Waals surface area contributed by atoms with Crippen LogP contribution in [0.4, 0.5) is 0 Å². The van der Waals surface area contributed by atoms with Crippen LogP contribution in [0.1, 0.15) is 0 Å². The predicted octanol–water partition coefficient (Wildman–Crippen LogP) is 13.2. The van der Waals surface area contributed by atoms with Gasteiger partial charge in [-0.05, 0) is 76.9 Å². The van der Waals surface area contributed by atoms with Crippen LogP contribution in [0.3, 0.4) is 0 Å². The van der Waals surface area contributed by atoms with E-state index in [-0.39, 0.29) is 0 Å². The molecule has 0 spiro atoms. The number of nitrogens with zero attached hydrogens (tertiary/aromatic N) is 2. The van der Waals surface area contributed by atoms with Crippen LogP contribution in [-0.4, -0.2) is 9.55 Å². The highest BCUT2D eigenvalue weighted by atomic mass is 32.1. The number of thiophene rings is 1. The maximum Gasteiger partial charge on any atom is 0.0715 e. The van der Waals surface area contributed by atoms with Crippen LogP contribution in [0, 0.1) is 0 Å². The van der Waals surface area contributed by atoms with Crippen LogP contribution in [0.25, 0.3) is 92.4 Å². The third-order valence-corrected chi connectivity index (χ3v) is 10.9. The van der Waals surface area contributed by atoms with E-state index in [0.717, 1.165) is 22.5 Å². The summed E-state index contributed by atoms with van der Waals surface area (Å²) in [7, 11) is 0. The van der Waals surface area contributed by atoms with Gasteiger partial charge in [-0.1, -0.05) is 127 Å². The highest BCUT2D eigenvalue weighted by molar-refractivity contribution is 7.26. The van der Waals surface area contributed by atoms with Crippen LogP contribution < -0.4 is 0 Å². The molecule has 10 aromatic rings. The van der Waals surface area contributed by atoms with Gasteiger partial charge >= 0.3 is 0 Å². The second-order valence-corrected chi connectivity index (χ2v) is 13.9. The standard InChI is InChI=1S/C47H30N2S/c1-4-13-31(14-5-1)41-28-35(29-42(48-41)32-15-6-2-7-16-32)37-20-12-22-45-47(37)39-25-23-34(30-46(39)50-45)33-24-26-44-40(27-33)38-19-10-11-21-43(38)49(44)36-17-8-3-9-18-36/h1-30H. The van der Waals surface area contributed by atoms with Crippen molar-refractivity contribution < 1.29 is 0 Å². The molecule has 7 aromatic carbocycles. The zero-order valence-corrected chi connectivity index (χ0v) is 27.9. The number of fused-ring (bicyclic) bond motifs is 6. The summed E-state index contributed by atoms with van der Waals surface area (Å²) >= 11 is 1.87. The Labute approximate surface area is 294 Å². The summed E-state index contributed by atoms with van der Waals surface area (Å²) in [5.74, 6) is 0. The predicted molar refractivity (Wildman–Crippen MR) is 213 cm³/mol. The minimum absolute atomic E-state index is 0.977. The van der Waals surface area contributed by atoms with Crippen LogP contribution in [0.15, 0.2) is 182 Å². The molecule has 234 valence electrons. The van der Waals surface area contributed by atoms with Gasteiger partial charge in [0.15, 0.2) is 0 Å². The summed E-state index contributed by atoms with van der Waals surface area (Å²) in [4.78, 5) is 5.13. The molecule has 3 heteroatoms. The number of para-hydroxylation sites is 2. The summed E-state index contributed by atoms with van der Waals surface area (Å²) < 4.78 is 4.95. The summed E-state index contributed by atoms with van der Waals surface area (Å²) in [5, 5.41) is 5.11. The van der Waals surface area contributed by atoms with Gasteiger partial charge in [0.05, 0.1) is 22.4 Å². The van der Waals surface area contributed by atoms with Crippen molar-refractivity contribution in [2.75, 3.05) is 0 Å². The molecule has 0 atom stereocenters. The molecule has 3 aromatic heterocycles. The van der Waals surface area contributed by atoms with Crippen LogP contribution in [-0.2, 0) is 0 Å². The molecular formula is C47H30N2S. The highest BCUT2D eigenvalue weighted by Gasteiger charge is 2.17. The second kappa shape index (κ2) is 11.7. The summed E-state index contributed by atoms with van der Waals surface area (Å²) in [5.41, 5.74) is 12.7. The van der Waals surface area contributed by atoms with Crippen molar-refractivity contribution in [3.63, 3.8) is 0 Å². The molecule has 0 unspecified atom stereocenters. The maximum atomic E-state index is 5.13. The Balaban J connectivity index is 1.12. The molecular weight excluding hydrogens is 625 g/mol. The zero-order valence-electron chi connectivity index (χ0n) is 27.1. The van der Waals surface area contributed by atoms with E-state index in [1.54, 1.807) is 0 Å². The number of hydrogen-bond acceptors (Lipinski definition) is 2. The first-order valence-corrected chi connectivity index (χ1v) is 17.8. The summed E-state index contributed by atoms with van der Waals surface area (Å²) in [6.07, 6.45) is 0. The number of rotatable bonds is 5. The maximum absolute atomic E-state index is 5.13. The van der Waals surface area contributed by atoms with E-state index in [0.29, 0.717) is 0 Å². The molecule has 2 nitrogen and oxygen atoms in total. The quantitative estimate of drug-likeness (QED) is 0.181. The number of pyridine rings is 1. The topological polar surface area (TPSA) is 17.8 Å². The Morgan fingerprint density at radius 3 is 1.74 bits per heavy atom. The third kappa shape index (κ3) is 4.74. The molecule has 0 aliphatic rings. The molecule has 0 saturated carbocycles. The van der Waals surface area contributed by atoms with Crippen molar-refractivity contribution in [3.8, 4) is 50.5 Å². The highest BCUT2D eigenvalue weighted by Crippen LogP contribution is 2.43. The average Bonchev–Trinajstić information content (AvgIpc) is 3.74. The van der Waals surface area contributed by atoms with E-state index in [1.807, 2.05) is 11.3 Å². The lowest BCUT2D eigenvalue weighted by Crippen LogP contribution is -1.92. The van der Waals surface area contributed by atoms with Gasteiger partial charge in [0, 0.05) is 47.8 Å². The van der Waals surface area contributed by atoms with E-state index >= 15 is 0 Å². The minimum Gasteiger partial charge on any atom is -0.309 e. The molecule has 0 bridgehead atoms. The number of benzene rings is 7. The lowest BCUT2D eigenvalue weighted by molar-refractivity contribution is 1.18. The fraction of sp³-hybridized carbons (Fsp3) is 0. The Morgan fingerprint density at radius 1 is 0.380 bits per heavy atom. The van der Waals surface area contributed by atoms with E-state index in [4.69, 9.17) is 4.98 Å². The molecule has 0 fully saturated rings. The van der Waals surface area contributed by atoms with Gasteiger partial charge in [0.2, 0.25) is 0 Å². The Hall–Kier alpha value is -6.29. The van der Waals surface area contributed by atoms with Gasteiger partial charge in [-0.2, -0.15) is 0 Å². The average molecular weight is 655 g/mol. The van der Waals surface area contributed by atoms with Crippen molar-refractivity contribution in [2.45, 2.75) is 0 Å². The Morgan fingerprint density at radius 2 is 1.00 bits per heavy atom. The van der Waals surface area contributed by atoms with E-state index in [9.17, 15) is 0 Å². The molecule has 0 amide bonds. The van der Waals surface area contributed by atoms with Crippen molar-refractivity contribution in [1.29, 1.82) is 0 Å². The molecule has 0 radical (unpaired) electrons. The Kier molecular flexibility index (Phi) is 6.71. The van der Waals surface area contributed by atoms with Crippen molar-refractivity contribution in [3.05, 3.63) is 182 Å². The summed E-state index contributed by atoms with van der Waals surface area (Å²) in [6.45, 7) is 0. The number of hydrogen-bond donors (Lipinski definition) is 0. The molecule has 0 N–H and O–H groups in total. The lowest BCUT2D eigenvalue weighted by Gasteiger charge is -2.12. The fourth-order valence-electron chi connectivity index (χ4n) is 7.45. The van der Waals surface area contributed by atoms with E-state index < -0.39 is 0 Å². The largest absolute Gasteiger partial charge is 0.309 e. The first-order chi connectivity index (χ1) is 24.8. The number of aromatic nitrogens is 2. The van der Waals surface area contributed by atoms with Crippen molar-refractivity contribution >= 4 is 53.3 Å². The van der Waals surface area contributed by atoms with Crippen LogP contribution in [0.2, 0.25) is 0 Å². The first-order valence-electron chi connectivity index (χ1n) is 17.0. The first kappa shape index (κ1) is 28.7. The Bertz CT molecular complexity index is 2790. The summed E-state index contributed by atoms with van der Waals surface area (Å²) in [6, 6.07) is 65.5. The van der Waals surface area contributed by atoms with E-state index in [1.165, 1.54) is 69.9 Å². The zero-order chi connectivity index (χ0) is 33.0. The van der Waals surface area contributed by atoms with Crippen LogP contribution in [0.5, 0.6) is 0 Å². The van der Waals surface area contributed by atoms with Crippen molar-refractivity contribution in [2.24, 2.45) is 0 Å². The van der Waals surface area contributed by atoms with Gasteiger partial charge < -0.3 is 4.57 Å².